The lowest BCUT2D eigenvalue weighted by Crippen LogP contribution is -2.39. The van der Waals surface area contributed by atoms with Crippen molar-refractivity contribution in [1.29, 1.82) is 0 Å². The largest absolute Gasteiger partial charge is 0.340 e. The van der Waals surface area contributed by atoms with Crippen molar-refractivity contribution >= 4 is 29.1 Å². The molecule has 1 aromatic rings. The van der Waals surface area contributed by atoms with Gasteiger partial charge >= 0.3 is 0 Å². The minimum absolute atomic E-state index is 0.115. The lowest BCUT2D eigenvalue weighted by molar-refractivity contribution is -0.131. The van der Waals surface area contributed by atoms with Crippen LogP contribution in [0.3, 0.4) is 0 Å². The molecule has 0 aliphatic heterocycles. The van der Waals surface area contributed by atoms with E-state index in [9.17, 15) is 4.79 Å². The first-order valence-electron chi connectivity index (χ1n) is 4.85. The topological polar surface area (TPSA) is 46.3 Å². The second kappa shape index (κ2) is 5.53. The van der Waals surface area contributed by atoms with Crippen LogP contribution in [0.15, 0.2) is 18.2 Å². The molecular formula is C11H14Cl2N2O. The molecule has 0 bridgehead atoms. The predicted octanol–water partition coefficient (Wildman–Crippen LogP) is 2.30. The molecule has 1 aromatic carbocycles. The van der Waals surface area contributed by atoms with Crippen molar-refractivity contribution in [3.8, 4) is 0 Å². The van der Waals surface area contributed by atoms with Gasteiger partial charge in [-0.1, -0.05) is 23.2 Å². The number of likely N-dealkylation sites (N-methyl/N-ethyl adjacent to an activating group) is 1. The Balaban J connectivity index is 2.76. The number of amides is 1. The highest BCUT2D eigenvalue weighted by atomic mass is 35.5. The first-order valence-corrected chi connectivity index (χ1v) is 5.61. The normalized spacial score (nSPS) is 12.3. The molecule has 0 aliphatic carbocycles. The molecule has 0 spiro atoms. The van der Waals surface area contributed by atoms with E-state index in [0.29, 0.717) is 16.6 Å². The number of carbonyl (C=O) groups is 1. The molecule has 1 amide bonds. The van der Waals surface area contributed by atoms with E-state index in [1.54, 1.807) is 37.1 Å². The van der Waals surface area contributed by atoms with Gasteiger partial charge in [-0.15, -0.1) is 0 Å². The average Bonchev–Trinajstić information content (AvgIpc) is 2.14. The van der Waals surface area contributed by atoms with Crippen LogP contribution in [0.1, 0.15) is 12.5 Å². The van der Waals surface area contributed by atoms with Gasteiger partial charge in [0.25, 0.3) is 0 Å². The second-order valence-corrected chi connectivity index (χ2v) is 4.63. The van der Waals surface area contributed by atoms with Gasteiger partial charge in [0.2, 0.25) is 5.91 Å². The van der Waals surface area contributed by atoms with Crippen LogP contribution in [0.5, 0.6) is 0 Å². The maximum Gasteiger partial charge on any atom is 0.239 e. The van der Waals surface area contributed by atoms with Crippen molar-refractivity contribution in [1.82, 2.24) is 4.90 Å². The molecule has 1 atom stereocenters. The highest BCUT2D eigenvalue weighted by Gasteiger charge is 2.13. The summed E-state index contributed by atoms with van der Waals surface area (Å²) in [6.45, 7) is 2.10. The van der Waals surface area contributed by atoms with Crippen LogP contribution in [0.25, 0.3) is 0 Å². The SMILES string of the molecule is CC(N)C(=O)N(C)Cc1cc(Cl)cc(Cl)c1. The Bertz CT molecular complexity index is 373. The van der Waals surface area contributed by atoms with Crippen LogP contribution in [0.2, 0.25) is 10.0 Å². The van der Waals surface area contributed by atoms with E-state index in [1.807, 2.05) is 0 Å². The van der Waals surface area contributed by atoms with Crippen molar-refractivity contribution in [2.45, 2.75) is 19.5 Å². The molecule has 0 saturated carbocycles. The van der Waals surface area contributed by atoms with E-state index in [4.69, 9.17) is 28.9 Å². The van der Waals surface area contributed by atoms with Gasteiger partial charge in [-0.25, -0.2) is 0 Å². The fourth-order valence-electron chi connectivity index (χ4n) is 1.40. The minimum atomic E-state index is -0.500. The molecule has 2 N–H and O–H groups in total. The molecule has 0 radical (unpaired) electrons. The summed E-state index contributed by atoms with van der Waals surface area (Å²) in [6.07, 6.45) is 0. The molecule has 5 heteroatoms. The quantitative estimate of drug-likeness (QED) is 0.907. The lowest BCUT2D eigenvalue weighted by Gasteiger charge is -2.19. The summed E-state index contributed by atoms with van der Waals surface area (Å²) < 4.78 is 0. The van der Waals surface area contributed by atoms with Crippen LogP contribution < -0.4 is 5.73 Å². The molecule has 0 aromatic heterocycles. The van der Waals surface area contributed by atoms with Gasteiger partial charge in [0.1, 0.15) is 0 Å². The fourth-order valence-corrected chi connectivity index (χ4v) is 1.97. The molecule has 0 saturated heterocycles. The highest BCUT2D eigenvalue weighted by Crippen LogP contribution is 2.19. The van der Waals surface area contributed by atoms with Gasteiger partial charge in [0.05, 0.1) is 6.04 Å². The van der Waals surface area contributed by atoms with E-state index >= 15 is 0 Å². The van der Waals surface area contributed by atoms with Crippen molar-refractivity contribution in [2.75, 3.05) is 7.05 Å². The van der Waals surface area contributed by atoms with Crippen LogP contribution in [-0.2, 0) is 11.3 Å². The van der Waals surface area contributed by atoms with Crippen LogP contribution in [0, 0.1) is 0 Å². The number of hydrogen-bond acceptors (Lipinski definition) is 2. The lowest BCUT2D eigenvalue weighted by atomic mass is 10.2. The summed E-state index contributed by atoms with van der Waals surface area (Å²) in [4.78, 5) is 13.1. The predicted molar refractivity (Wildman–Crippen MR) is 66.6 cm³/mol. The Labute approximate surface area is 105 Å². The minimum Gasteiger partial charge on any atom is -0.340 e. The van der Waals surface area contributed by atoms with Gasteiger partial charge in [-0.3, -0.25) is 4.79 Å². The Kier molecular flexibility index (Phi) is 4.59. The van der Waals surface area contributed by atoms with Gasteiger partial charge in [0, 0.05) is 23.6 Å². The zero-order valence-corrected chi connectivity index (χ0v) is 10.7. The number of hydrogen-bond donors (Lipinski definition) is 1. The van der Waals surface area contributed by atoms with E-state index in [2.05, 4.69) is 0 Å². The number of rotatable bonds is 3. The summed E-state index contributed by atoms with van der Waals surface area (Å²) in [5.41, 5.74) is 6.39. The average molecular weight is 261 g/mol. The molecule has 0 aliphatic rings. The number of halogens is 2. The van der Waals surface area contributed by atoms with Gasteiger partial charge < -0.3 is 10.6 Å². The summed E-state index contributed by atoms with van der Waals surface area (Å²) >= 11 is 11.7. The number of carbonyl (C=O) groups excluding carboxylic acids is 1. The van der Waals surface area contributed by atoms with Crippen molar-refractivity contribution < 1.29 is 4.79 Å². The van der Waals surface area contributed by atoms with E-state index in [-0.39, 0.29) is 5.91 Å². The summed E-state index contributed by atoms with van der Waals surface area (Å²) in [7, 11) is 1.69. The van der Waals surface area contributed by atoms with Crippen LogP contribution in [-0.4, -0.2) is 23.9 Å². The molecule has 1 unspecified atom stereocenters. The van der Waals surface area contributed by atoms with Crippen molar-refractivity contribution in [2.24, 2.45) is 5.73 Å². The van der Waals surface area contributed by atoms with Gasteiger partial charge in [-0.05, 0) is 30.7 Å². The molecule has 16 heavy (non-hydrogen) atoms. The number of nitrogens with zero attached hydrogens (tertiary/aromatic N) is 1. The molecular weight excluding hydrogens is 247 g/mol. The van der Waals surface area contributed by atoms with Gasteiger partial charge in [-0.2, -0.15) is 0 Å². The second-order valence-electron chi connectivity index (χ2n) is 3.76. The summed E-state index contributed by atoms with van der Waals surface area (Å²) in [5.74, 6) is -0.115. The van der Waals surface area contributed by atoms with Crippen LogP contribution >= 0.6 is 23.2 Å². The van der Waals surface area contributed by atoms with Gasteiger partial charge in [0.15, 0.2) is 0 Å². The van der Waals surface area contributed by atoms with E-state index < -0.39 is 6.04 Å². The third-order valence-corrected chi connectivity index (χ3v) is 2.54. The number of benzene rings is 1. The smallest absolute Gasteiger partial charge is 0.239 e. The Morgan fingerprint density at radius 2 is 1.88 bits per heavy atom. The highest BCUT2D eigenvalue weighted by molar-refractivity contribution is 6.34. The molecule has 3 nitrogen and oxygen atoms in total. The number of nitrogens with two attached hydrogens (primary N) is 1. The zero-order valence-electron chi connectivity index (χ0n) is 9.21. The maximum absolute atomic E-state index is 11.6. The molecule has 88 valence electrons. The first kappa shape index (κ1) is 13.3. The zero-order chi connectivity index (χ0) is 12.3. The maximum atomic E-state index is 11.6. The Hall–Kier alpha value is -0.770. The fraction of sp³-hybridized carbons (Fsp3) is 0.364. The summed E-state index contributed by atoms with van der Waals surface area (Å²) in [6, 6.07) is 4.70. The molecule has 1 rings (SSSR count). The molecule has 0 fully saturated rings. The van der Waals surface area contributed by atoms with E-state index in [1.165, 1.54) is 0 Å². The Morgan fingerprint density at radius 3 is 2.31 bits per heavy atom. The standard InChI is InChI=1S/C11H14Cl2N2O/c1-7(14)11(16)15(2)6-8-3-9(12)5-10(13)4-8/h3-5,7H,6,14H2,1-2H3. The van der Waals surface area contributed by atoms with Crippen molar-refractivity contribution in [3.63, 3.8) is 0 Å². The summed E-state index contributed by atoms with van der Waals surface area (Å²) in [5, 5.41) is 1.12. The monoisotopic (exact) mass is 260 g/mol. The van der Waals surface area contributed by atoms with E-state index in [0.717, 1.165) is 5.56 Å². The first-order chi connectivity index (χ1) is 7.40. The third kappa shape index (κ3) is 3.67. The van der Waals surface area contributed by atoms with Crippen LogP contribution in [0.4, 0.5) is 0 Å². The Morgan fingerprint density at radius 1 is 1.38 bits per heavy atom. The van der Waals surface area contributed by atoms with Crippen molar-refractivity contribution in [3.05, 3.63) is 33.8 Å². The third-order valence-electron chi connectivity index (χ3n) is 2.11. The molecule has 0 heterocycles.